The maximum absolute atomic E-state index is 5.63. The number of benzene rings is 2. The molecule has 4 heteroatoms. The van der Waals surface area contributed by atoms with Crippen LogP contribution in [0.4, 0.5) is 0 Å². The molecule has 1 saturated carbocycles. The summed E-state index contributed by atoms with van der Waals surface area (Å²) in [6.07, 6.45) is 9.25. The SMILES string of the molecule is CNC1CCCCC1NCc1ccc(/C=C/c2cccc(-c3ccccc3)c2C)nc1OC. The van der Waals surface area contributed by atoms with Crippen molar-refractivity contribution in [3.63, 3.8) is 0 Å². The van der Waals surface area contributed by atoms with Crippen LogP contribution < -0.4 is 15.4 Å². The van der Waals surface area contributed by atoms with Gasteiger partial charge in [-0.2, -0.15) is 0 Å². The Morgan fingerprint density at radius 3 is 2.48 bits per heavy atom. The van der Waals surface area contributed by atoms with Crippen LogP contribution in [0.3, 0.4) is 0 Å². The van der Waals surface area contributed by atoms with E-state index in [4.69, 9.17) is 9.72 Å². The molecule has 0 bridgehead atoms. The molecule has 2 N–H and O–H groups in total. The second-order valence-electron chi connectivity index (χ2n) is 8.79. The molecule has 3 aromatic rings. The quantitative estimate of drug-likeness (QED) is 0.460. The van der Waals surface area contributed by atoms with Gasteiger partial charge >= 0.3 is 0 Å². The Kier molecular flexibility index (Phi) is 7.92. The highest BCUT2D eigenvalue weighted by Crippen LogP contribution is 2.27. The molecule has 0 aliphatic heterocycles. The number of hydrogen-bond acceptors (Lipinski definition) is 4. The van der Waals surface area contributed by atoms with Crippen LogP contribution in [-0.2, 0) is 6.54 Å². The molecule has 1 aromatic heterocycles. The van der Waals surface area contributed by atoms with Gasteiger partial charge < -0.3 is 15.4 Å². The fourth-order valence-electron chi connectivity index (χ4n) is 4.79. The molecule has 4 nitrogen and oxygen atoms in total. The summed E-state index contributed by atoms with van der Waals surface area (Å²) in [4.78, 5) is 4.75. The first-order valence-electron chi connectivity index (χ1n) is 12.0. The normalized spacial score (nSPS) is 18.5. The number of hydrogen-bond donors (Lipinski definition) is 2. The van der Waals surface area contributed by atoms with Crippen LogP contribution in [0.15, 0.2) is 60.7 Å². The second-order valence-corrected chi connectivity index (χ2v) is 8.79. The third-order valence-electron chi connectivity index (χ3n) is 6.74. The number of ether oxygens (including phenoxy) is 1. The lowest BCUT2D eigenvalue weighted by atomic mass is 9.90. The Bertz CT molecular complexity index is 1080. The lowest BCUT2D eigenvalue weighted by molar-refractivity contribution is 0.292. The highest BCUT2D eigenvalue weighted by molar-refractivity contribution is 5.76. The molecule has 1 fully saturated rings. The fourth-order valence-corrected chi connectivity index (χ4v) is 4.79. The van der Waals surface area contributed by atoms with E-state index in [0.29, 0.717) is 18.0 Å². The van der Waals surface area contributed by atoms with Crippen molar-refractivity contribution in [3.8, 4) is 17.0 Å². The molecule has 172 valence electrons. The number of likely N-dealkylation sites (N-methyl/N-ethyl adjacent to an activating group) is 1. The number of nitrogens with one attached hydrogen (secondary N) is 2. The van der Waals surface area contributed by atoms with Crippen molar-refractivity contribution in [2.75, 3.05) is 14.2 Å². The number of rotatable bonds is 8. The van der Waals surface area contributed by atoms with Gasteiger partial charge in [-0.05, 0) is 61.2 Å². The van der Waals surface area contributed by atoms with Gasteiger partial charge in [0.15, 0.2) is 0 Å². The molecule has 33 heavy (non-hydrogen) atoms. The predicted octanol–water partition coefficient (Wildman–Crippen LogP) is 5.86. The standard InChI is InChI=1S/C29H35N3O/c1-21-22(12-9-13-26(21)23-10-5-4-6-11-23)16-18-25-19-17-24(29(32-25)33-3)20-31-28-15-8-7-14-27(28)30-2/h4-6,9-13,16-19,27-28,30-31H,7-8,14-15,20H2,1-3H3/b18-16+. The molecule has 4 rings (SSSR count). The van der Waals surface area contributed by atoms with E-state index >= 15 is 0 Å². The number of methoxy groups -OCH3 is 1. The van der Waals surface area contributed by atoms with E-state index in [1.165, 1.54) is 47.9 Å². The molecule has 0 saturated heterocycles. The van der Waals surface area contributed by atoms with Crippen molar-refractivity contribution in [2.45, 2.75) is 51.2 Å². The van der Waals surface area contributed by atoms with Gasteiger partial charge in [0.25, 0.3) is 0 Å². The second kappa shape index (κ2) is 11.3. The van der Waals surface area contributed by atoms with Crippen LogP contribution in [0.1, 0.15) is 48.1 Å². The molecule has 1 aliphatic rings. The summed E-state index contributed by atoms with van der Waals surface area (Å²) in [7, 11) is 3.76. The molecule has 2 aromatic carbocycles. The molecular weight excluding hydrogens is 406 g/mol. The van der Waals surface area contributed by atoms with Gasteiger partial charge in [-0.3, -0.25) is 0 Å². The minimum absolute atomic E-state index is 0.493. The van der Waals surface area contributed by atoms with Crippen molar-refractivity contribution in [1.29, 1.82) is 0 Å². The Morgan fingerprint density at radius 1 is 0.939 bits per heavy atom. The zero-order chi connectivity index (χ0) is 23.0. The summed E-state index contributed by atoms with van der Waals surface area (Å²) >= 11 is 0. The first-order chi connectivity index (χ1) is 16.2. The Hall–Kier alpha value is -2.95. The lowest BCUT2D eigenvalue weighted by Gasteiger charge is -2.32. The highest BCUT2D eigenvalue weighted by atomic mass is 16.5. The van der Waals surface area contributed by atoms with E-state index < -0.39 is 0 Å². The molecule has 0 radical (unpaired) electrons. The zero-order valence-corrected chi connectivity index (χ0v) is 20.0. The summed E-state index contributed by atoms with van der Waals surface area (Å²) in [6, 6.07) is 22.2. The van der Waals surface area contributed by atoms with E-state index in [1.54, 1.807) is 7.11 Å². The van der Waals surface area contributed by atoms with Crippen molar-refractivity contribution < 1.29 is 4.74 Å². The summed E-state index contributed by atoms with van der Waals surface area (Å²) in [6.45, 7) is 2.94. The largest absolute Gasteiger partial charge is 0.481 e. The van der Waals surface area contributed by atoms with Crippen molar-refractivity contribution in [2.24, 2.45) is 0 Å². The molecule has 1 heterocycles. The first-order valence-corrected chi connectivity index (χ1v) is 12.0. The first kappa shape index (κ1) is 23.2. The fraction of sp³-hybridized carbons (Fsp3) is 0.345. The maximum Gasteiger partial charge on any atom is 0.218 e. The average molecular weight is 442 g/mol. The third-order valence-corrected chi connectivity index (χ3v) is 6.74. The van der Waals surface area contributed by atoms with E-state index in [1.807, 2.05) is 0 Å². The highest BCUT2D eigenvalue weighted by Gasteiger charge is 2.23. The average Bonchev–Trinajstić information content (AvgIpc) is 2.87. The summed E-state index contributed by atoms with van der Waals surface area (Å²) < 4.78 is 5.63. The van der Waals surface area contributed by atoms with Gasteiger partial charge in [0.2, 0.25) is 5.88 Å². The van der Waals surface area contributed by atoms with Crippen LogP contribution in [0.25, 0.3) is 23.3 Å². The van der Waals surface area contributed by atoms with Gasteiger partial charge in [-0.25, -0.2) is 4.98 Å². The van der Waals surface area contributed by atoms with Gasteiger partial charge in [-0.15, -0.1) is 0 Å². The van der Waals surface area contributed by atoms with Gasteiger partial charge in [0.1, 0.15) is 0 Å². The predicted molar refractivity (Wildman–Crippen MR) is 138 cm³/mol. The van der Waals surface area contributed by atoms with Crippen LogP contribution in [-0.4, -0.2) is 31.2 Å². The number of aromatic nitrogens is 1. The lowest BCUT2D eigenvalue weighted by Crippen LogP contribution is -2.48. The van der Waals surface area contributed by atoms with E-state index in [0.717, 1.165) is 17.8 Å². The number of pyridine rings is 1. The molecule has 1 aliphatic carbocycles. The Balaban J connectivity index is 1.48. The third kappa shape index (κ3) is 5.70. The minimum atomic E-state index is 0.493. The minimum Gasteiger partial charge on any atom is -0.481 e. The van der Waals surface area contributed by atoms with Crippen LogP contribution in [0.5, 0.6) is 5.88 Å². The molecule has 2 unspecified atom stereocenters. The van der Waals surface area contributed by atoms with Gasteiger partial charge in [0.05, 0.1) is 12.8 Å². The van der Waals surface area contributed by atoms with Crippen LogP contribution in [0.2, 0.25) is 0 Å². The molecule has 0 spiro atoms. The van der Waals surface area contributed by atoms with Gasteiger partial charge in [0, 0.05) is 24.2 Å². The molecule has 2 atom stereocenters. The van der Waals surface area contributed by atoms with E-state index in [2.05, 4.69) is 97.4 Å². The van der Waals surface area contributed by atoms with Gasteiger partial charge in [-0.1, -0.05) is 73.5 Å². The molecular formula is C29H35N3O. The topological polar surface area (TPSA) is 46.2 Å². The van der Waals surface area contributed by atoms with Crippen molar-refractivity contribution in [3.05, 3.63) is 83.0 Å². The van der Waals surface area contributed by atoms with Crippen LogP contribution in [0, 0.1) is 6.92 Å². The zero-order valence-electron chi connectivity index (χ0n) is 20.0. The molecule has 0 amide bonds. The summed E-state index contributed by atoms with van der Waals surface area (Å²) in [5, 5.41) is 7.18. The van der Waals surface area contributed by atoms with Crippen molar-refractivity contribution >= 4 is 12.2 Å². The van der Waals surface area contributed by atoms with E-state index in [9.17, 15) is 0 Å². The maximum atomic E-state index is 5.63. The van der Waals surface area contributed by atoms with Crippen molar-refractivity contribution in [1.82, 2.24) is 15.6 Å². The monoisotopic (exact) mass is 441 g/mol. The van der Waals surface area contributed by atoms with Crippen LogP contribution >= 0.6 is 0 Å². The Labute approximate surface area is 198 Å². The Morgan fingerprint density at radius 2 is 1.73 bits per heavy atom. The van der Waals surface area contributed by atoms with E-state index in [-0.39, 0.29) is 0 Å². The summed E-state index contributed by atoms with van der Waals surface area (Å²) in [5.74, 6) is 0.691. The summed E-state index contributed by atoms with van der Waals surface area (Å²) in [5.41, 5.74) is 6.94. The smallest absolute Gasteiger partial charge is 0.218 e. The number of nitrogens with zero attached hydrogens (tertiary/aromatic N) is 1.